The van der Waals surface area contributed by atoms with E-state index in [4.69, 9.17) is 0 Å². The molecule has 134 valence electrons. The number of amides is 1. The zero-order valence-electron chi connectivity index (χ0n) is 15.0. The summed E-state index contributed by atoms with van der Waals surface area (Å²) < 4.78 is 2.01. The molecule has 3 rings (SSSR count). The monoisotopic (exact) mass is 367 g/mol. The van der Waals surface area contributed by atoms with Crippen molar-refractivity contribution in [2.24, 2.45) is 0 Å². The van der Waals surface area contributed by atoms with E-state index in [-0.39, 0.29) is 11.2 Å². The van der Waals surface area contributed by atoms with Gasteiger partial charge in [-0.3, -0.25) is 9.78 Å². The topological polar surface area (TPSA) is 72.7 Å². The van der Waals surface area contributed by atoms with E-state index in [2.05, 4.69) is 20.5 Å². The van der Waals surface area contributed by atoms with Gasteiger partial charge in [-0.1, -0.05) is 29.5 Å². The maximum atomic E-state index is 12.5. The van der Waals surface area contributed by atoms with Gasteiger partial charge in [-0.15, -0.1) is 10.2 Å². The number of aryl methyl sites for hydroxylation is 1. The molecule has 0 bridgehead atoms. The van der Waals surface area contributed by atoms with Crippen molar-refractivity contribution in [1.29, 1.82) is 0 Å². The summed E-state index contributed by atoms with van der Waals surface area (Å²) >= 11 is 1.40. The van der Waals surface area contributed by atoms with Crippen molar-refractivity contribution in [3.05, 3.63) is 54.4 Å². The molecule has 3 aromatic rings. The first-order valence-electron chi connectivity index (χ1n) is 8.46. The third-order valence-corrected chi connectivity index (χ3v) is 5.02. The predicted octanol–water partition coefficient (Wildman–Crippen LogP) is 3.79. The third-order valence-electron chi connectivity index (χ3n) is 3.94. The number of hydrogen-bond donors (Lipinski definition) is 1. The fraction of sp³-hybridized carbons (Fsp3) is 0.263. The average molecular weight is 367 g/mol. The quantitative estimate of drug-likeness (QED) is 0.671. The van der Waals surface area contributed by atoms with E-state index in [1.165, 1.54) is 11.8 Å². The molecule has 0 aliphatic carbocycles. The second-order valence-corrected chi connectivity index (χ2v) is 7.21. The Hall–Kier alpha value is -2.67. The normalized spacial score (nSPS) is 12.0. The lowest BCUT2D eigenvalue weighted by Gasteiger charge is -2.13. The summed E-state index contributed by atoms with van der Waals surface area (Å²) in [4.78, 5) is 16.5. The second-order valence-electron chi connectivity index (χ2n) is 5.90. The summed E-state index contributed by atoms with van der Waals surface area (Å²) in [5.74, 6) is 0.721. The van der Waals surface area contributed by atoms with Crippen LogP contribution in [-0.2, 0) is 11.3 Å². The SMILES string of the molecule is CCn1c(S[C@H](C)C(=O)Nc2ccc(C)cc2)nnc1-c1ccncc1. The Kier molecular flexibility index (Phi) is 5.68. The van der Waals surface area contributed by atoms with Gasteiger partial charge in [0, 0.05) is 30.2 Å². The lowest BCUT2D eigenvalue weighted by Crippen LogP contribution is -2.22. The molecule has 0 fully saturated rings. The Morgan fingerprint density at radius 2 is 1.85 bits per heavy atom. The predicted molar refractivity (Wildman–Crippen MR) is 104 cm³/mol. The number of carbonyl (C=O) groups is 1. The molecule has 1 aromatic carbocycles. The van der Waals surface area contributed by atoms with Crippen LogP contribution in [-0.4, -0.2) is 30.9 Å². The van der Waals surface area contributed by atoms with E-state index in [9.17, 15) is 4.79 Å². The van der Waals surface area contributed by atoms with Crippen LogP contribution in [0.2, 0.25) is 0 Å². The highest BCUT2D eigenvalue weighted by atomic mass is 32.2. The van der Waals surface area contributed by atoms with Gasteiger partial charge in [-0.2, -0.15) is 0 Å². The molecule has 0 radical (unpaired) electrons. The molecule has 1 N–H and O–H groups in total. The highest BCUT2D eigenvalue weighted by Crippen LogP contribution is 2.27. The minimum atomic E-state index is -0.295. The largest absolute Gasteiger partial charge is 0.325 e. The molecule has 2 aromatic heterocycles. The van der Waals surface area contributed by atoms with E-state index in [0.29, 0.717) is 0 Å². The van der Waals surface area contributed by atoms with Gasteiger partial charge in [0.2, 0.25) is 5.91 Å². The van der Waals surface area contributed by atoms with Crippen molar-refractivity contribution in [1.82, 2.24) is 19.7 Å². The highest BCUT2D eigenvalue weighted by Gasteiger charge is 2.20. The van der Waals surface area contributed by atoms with Gasteiger partial charge < -0.3 is 9.88 Å². The van der Waals surface area contributed by atoms with Gasteiger partial charge in [0.15, 0.2) is 11.0 Å². The number of nitrogens with zero attached hydrogens (tertiary/aromatic N) is 4. The second kappa shape index (κ2) is 8.14. The summed E-state index contributed by atoms with van der Waals surface area (Å²) in [7, 11) is 0. The maximum Gasteiger partial charge on any atom is 0.237 e. The Bertz CT molecular complexity index is 877. The lowest BCUT2D eigenvalue weighted by molar-refractivity contribution is -0.115. The lowest BCUT2D eigenvalue weighted by atomic mass is 10.2. The van der Waals surface area contributed by atoms with Gasteiger partial charge in [-0.25, -0.2) is 0 Å². The molecule has 0 aliphatic rings. The molecule has 1 amide bonds. The number of benzene rings is 1. The van der Waals surface area contributed by atoms with Gasteiger partial charge in [0.25, 0.3) is 0 Å². The Balaban J connectivity index is 1.73. The Morgan fingerprint density at radius 1 is 1.15 bits per heavy atom. The van der Waals surface area contributed by atoms with Crippen molar-refractivity contribution in [2.75, 3.05) is 5.32 Å². The van der Waals surface area contributed by atoms with Crippen molar-refractivity contribution in [3.63, 3.8) is 0 Å². The summed E-state index contributed by atoms with van der Waals surface area (Å²) in [6.45, 7) is 6.64. The number of hydrogen-bond acceptors (Lipinski definition) is 5. The average Bonchev–Trinajstić information content (AvgIpc) is 3.06. The highest BCUT2D eigenvalue weighted by molar-refractivity contribution is 8.00. The molecular formula is C19H21N5OS. The number of aromatic nitrogens is 4. The number of carbonyl (C=O) groups excluding carboxylic acids is 1. The van der Waals surface area contributed by atoms with Crippen LogP contribution in [0.4, 0.5) is 5.69 Å². The van der Waals surface area contributed by atoms with E-state index in [1.54, 1.807) is 12.4 Å². The van der Waals surface area contributed by atoms with Crippen LogP contribution < -0.4 is 5.32 Å². The van der Waals surface area contributed by atoms with E-state index < -0.39 is 0 Å². The molecule has 0 unspecified atom stereocenters. The standard InChI is InChI=1S/C19H21N5OS/c1-4-24-17(15-9-11-20-12-10-15)22-23-19(24)26-14(3)18(25)21-16-7-5-13(2)6-8-16/h5-12,14H,4H2,1-3H3,(H,21,25)/t14-/m1/s1. The zero-order chi connectivity index (χ0) is 18.5. The van der Waals surface area contributed by atoms with E-state index in [0.717, 1.165) is 34.3 Å². The van der Waals surface area contributed by atoms with Crippen LogP contribution in [0.15, 0.2) is 53.9 Å². The van der Waals surface area contributed by atoms with Gasteiger partial charge in [0.1, 0.15) is 0 Å². The first-order chi connectivity index (χ1) is 12.6. The summed E-state index contributed by atoms with van der Waals surface area (Å²) in [5, 5.41) is 11.9. The molecule has 6 nitrogen and oxygen atoms in total. The van der Waals surface area contributed by atoms with Crippen molar-refractivity contribution in [2.45, 2.75) is 37.7 Å². The van der Waals surface area contributed by atoms with Crippen LogP contribution in [0.25, 0.3) is 11.4 Å². The van der Waals surface area contributed by atoms with Crippen molar-refractivity contribution >= 4 is 23.4 Å². The minimum Gasteiger partial charge on any atom is -0.325 e. The number of thioether (sulfide) groups is 1. The molecule has 0 saturated heterocycles. The Labute approximate surface area is 157 Å². The van der Waals surface area contributed by atoms with Gasteiger partial charge in [-0.05, 0) is 45.0 Å². The summed E-state index contributed by atoms with van der Waals surface area (Å²) in [5.41, 5.74) is 2.91. The molecule has 0 spiro atoms. The van der Waals surface area contributed by atoms with Gasteiger partial charge >= 0.3 is 0 Å². The first kappa shape index (κ1) is 18.1. The number of nitrogens with one attached hydrogen (secondary N) is 1. The van der Waals surface area contributed by atoms with Crippen LogP contribution >= 0.6 is 11.8 Å². The zero-order valence-corrected chi connectivity index (χ0v) is 15.8. The summed E-state index contributed by atoms with van der Waals surface area (Å²) in [6, 6.07) is 11.6. The molecule has 2 heterocycles. The molecular weight excluding hydrogens is 346 g/mol. The molecule has 0 saturated carbocycles. The number of anilines is 1. The number of rotatable bonds is 6. The fourth-order valence-electron chi connectivity index (χ4n) is 2.47. The van der Waals surface area contributed by atoms with Crippen LogP contribution in [0, 0.1) is 6.92 Å². The molecule has 7 heteroatoms. The van der Waals surface area contributed by atoms with Crippen LogP contribution in [0.1, 0.15) is 19.4 Å². The van der Waals surface area contributed by atoms with E-state index >= 15 is 0 Å². The molecule has 26 heavy (non-hydrogen) atoms. The van der Waals surface area contributed by atoms with Crippen LogP contribution in [0.3, 0.4) is 0 Å². The van der Waals surface area contributed by atoms with Crippen molar-refractivity contribution in [3.8, 4) is 11.4 Å². The number of pyridine rings is 1. The maximum absolute atomic E-state index is 12.5. The minimum absolute atomic E-state index is 0.0602. The summed E-state index contributed by atoms with van der Waals surface area (Å²) in [6.07, 6.45) is 3.46. The smallest absolute Gasteiger partial charge is 0.237 e. The molecule has 0 aliphatic heterocycles. The molecule has 1 atom stereocenters. The van der Waals surface area contributed by atoms with Crippen molar-refractivity contribution < 1.29 is 4.79 Å². The Morgan fingerprint density at radius 3 is 2.50 bits per heavy atom. The third kappa shape index (κ3) is 4.11. The van der Waals surface area contributed by atoms with Gasteiger partial charge in [0.05, 0.1) is 5.25 Å². The van der Waals surface area contributed by atoms with Crippen LogP contribution in [0.5, 0.6) is 0 Å². The fourth-order valence-corrected chi connectivity index (χ4v) is 3.38. The first-order valence-corrected chi connectivity index (χ1v) is 9.34. The van der Waals surface area contributed by atoms with E-state index in [1.807, 2.05) is 61.7 Å².